The van der Waals surface area contributed by atoms with Crippen LogP contribution in [0.25, 0.3) is 0 Å². The van der Waals surface area contributed by atoms with Crippen molar-refractivity contribution >= 4 is 49.4 Å². The van der Waals surface area contributed by atoms with Crippen molar-refractivity contribution in [2.24, 2.45) is 0 Å². The van der Waals surface area contributed by atoms with Crippen LogP contribution in [0.4, 0.5) is 5.69 Å². The predicted molar refractivity (Wildman–Crippen MR) is 75.7 cm³/mol. The van der Waals surface area contributed by atoms with Crippen LogP contribution in [0, 0.1) is 0 Å². The Morgan fingerprint density at radius 1 is 1.29 bits per heavy atom. The minimum atomic E-state index is -0.342. The maximum absolute atomic E-state index is 12.1. The van der Waals surface area contributed by atoms with Gasteiger partial charge < -0.3 is 0 Å². The highest BCUT2D eigenvalue weighted by molar-refractivity contribution is 9.10. The highest BCUT2D eigenvalue weighted by Gasteiger charge is 2.26. The smallest absolute Gasteiger partial charge is 0.247 e. The number of rotatable bonds is 4. The maximum atomic E-state index is 12.1. The second-order valence-electron chi connectivity index (χ2n) is 3.41. The van der Waals surface area contributed by atoms with Crippen LogP contribution in [0.1, 0.15) is 13.3 Å². The Hall–Kier alpha value is -0.680. The number of hydrogen-bond donors (Lipinski definition) is 0. The normalized spacial score (nSPS) is 11.9. The van der Waals surface area contributed by atoms with E-state index in [1.54, 1.807) is 24.3 Å². The van der Waals surface area contributed by atoms with E-state index in [2.05, 4.69) is 31.9 Å². The first-order valence-corrected chi connectivity index (χ1v) is 7.27. The van der Waals surface area contributed by atoms with Crippen molar-refractivity contribution in [1.82, 2.24) is 0 Å². The van der Waals surface area contributed by atoms with Crippen LogP contribution < -0.4 is 4.90 Å². The number of carbonyl (C=O) groups excluding carboxylic acids is 2. The third-order valence-electron chi connectivity index (χ3n) is 2.22. The molecule has 1 rings (SSSR count). The number of benzene rings is 1. The molecule has 0 aliphatic heterocycles. The van der Waals surface area contributed by atoms with Crippen molar-refractivity contribution in [2.75, 3.05) is 10.2 Å². The van der Waals surface area contributed by atoms with E-state index < -0.39 is 0 Å². The molecule has 0 saturated heterocycles. The standard InChI is InChI=1S/C12H13Br2NO2/c1-2-10(14)12(17)15(11(16)8-13)9-6-4-3-5-7-9/h3-7,10H,2,8H2,1H3. The number of anilines is 1. The molecular formula is C12H13Br2NO2. The lowest BCUT2D eigenvalue weighted by Gasteiger charge is -2.22. The quantitative estimate of drug-likeness (QED) is 0.771. The van der Waals surface area contributed by atoms with Crippen LogP contribution in [0.2, 0.25) is 0 Å². The number of nitrogens with zero attached hydrogens (tertiary/aromatic N) is 1. The first-order chi connectivity index (χ1) is 8.11. The van der Waals surface area contributed by atoms with Gasteiger partial charge in [-0.1, -0.05) is 57.0 Å². The number of amides is 2. The zero-order valence-electron chi connectivity index (χ0n) is 9.40. The average Bonchev–Trinajstić information content (AvgIpc) is 2.38. The molecule has 1 atom stereocenters. The fraction of sp³-hybridized carbons (Fsp3) is 0.333. The monoisotopic (exact) mass is 361 g/mol. The zero-order valence-corrected chi connectivity index (χ0v) is 12.6. The lowest BCUT2D eigenvalue weighted by atomic mass is 10.2. The van der Waals surface area contributed by atoms with Gasteiger partial charge in [0, 0.05) is 0 Å². The third kappa shape index (κ3) is 3.64. The van der Waals surface area contributed by atoms with Gasteiger partial charge in [0.15, 0.2) is 0 Å². The third-order valence-corrected chi connectivity index (χ3v) is 3.74. The summed E-state index contributed by atoms with van der Waals surface area (Å²) in [6.45, 7) is 1.89. The molecule has 5 heteroatoms. The Bertz CT molecular complexity index is 395. The molecule has 1 unspecified atom stereocenters. The van der Waals surface area contributed by atoms with Gasteiger partial charge in [-0.25, -0.2) is 4.90 Å². The van der Waals surface area contributed by atoms with Crippen molar-refractivity contribution in [3.05, 3.63) is 30.3 Å². The second kappa shape index (κ2) is 6.91. The number of hydrogen-bond acceptors (Lipinski definition) is 2. The van der Waals surface area contributed by atoms with Crippen molar-refractivity contribution in [2.45, 2.75) is 18.2 Å². The molecule has 17 heavy (non-hydrogen) atoms. The molecule has 0 N–H and O–H groups in total. The predicted octanol–water partition coefficient (Wildman–Crippen LogP) is 3.11. The first-order valence-electron chi connectivity index (χ1n) is 5.23. The zero-order chi connectivity index (χ0) is 12.8. The average molecular weight is 363 g/mol. The lowest BCUT2D eigenvalue weighted by molar-refractivity contribution is -0.124. The van der Waals surface area contributed by atoms with Crippen LogP contribution in [-0.2, 0) is 9.59 Å². The summed E-state index contributed by atoms with van der Waals surface area (Å²) in [7, 11) is 0. The Balaban J connectivity index is 3.05. The van der Waals surface area contributed by atoms with E-state index in [9.17, 15) is 9.59 Å². The van der Waals surface area contributed by atoms with E-state index in [0.717, 1.165) is 0 Å². The molecule has 0 bridgehead atoms. The second-order valence-corrected chi connectivity index (χ2v) is 5.08. The molecule has 0 aliphatic rings. The van der Waals surface area contributed by atoms with E-state index in [-0.39, 0.29) is 22.0 Å². The van der Waals surface area contributed by atoms with Gasteiger partial charge in [-0.05, 0) is 18.6 Å². The molecule has 0 heterocycles. The number of alkyl halides is 2. The Labute approximate surface area is 117 Å². The molecule has 0 aliphatic carbocycles. The molecule has 3 nitrogen and oxygen atoms in total. The van der Waals surface area contributed by atoms with Crippen LogP contribution in [0.3, 0.4) is 0 Å². The molecule has 0 saturated carbocycles. The molecule has 1 aromatic carbocycles. The van der Waals surface area contributed by atoms with Gasteiger partial charge in [0.1, 0.15) is 0 Å². The molecule has 0 aromatic heterocycles. The molecule has 1 aromatic rings. The molecule has 92 valence electrons. The maximum Gasteiger partial charge on any atom is 0.247 e. The lowest BCUT2D eigenvalue weighted by Crippen LogP contribution is -2.42. The summed E-state index contributed by atoms with van der Waals surface area (Å²) in [4.78, 5) is 24.8. The molecular weight excluding hydrogens is 350 g/mol. The van der Waals surface area contributed by atoms with Crippen molar-refractivity contribution in [3.63, 3.8) is 0 Å². The molecule has 0 spiro atoms. The van der Waals surface area contributed by atoms with E-state index in [0.29, 0.717) is 12.1 Å². The largest absolute Gasteiger partial charge is 0.273 e. The summed E-state index contributed by atoms with van der Waals surface area (Å²) in [5.41, 5.74) is 0.597. The van der Waals surface area contributed by atoms with E-state index in [1.807, 2.05) is 13.0 Å². The van der Waals surface area contributed by atoms with Gasteiger partial charge in [-0.3, -0.25) is 9.59 Å². The van der Waals surface area contributed by atoms with Gasteiger partial charge in [0.25, 0.3) is 0 Å². The summed E-state index contributed by atoms with van der Waals surface area (Å²) < 4.78 is 0. The summed E-state index contributed by atoms with van der Waals surface area (Å²) in [6.07, 6.45) is 0.637. The van der Waals surface area contributed by atoms with Crippen molar-refractivity contribution < 1.29 is 9.59 Å². The number of halogens is 2. The first kappa shape index (κ1) is 14.4. The van der Waals surface area contributed by atoms with Crippen LogP contribution in [-0.4, -0.2) is 22.0 Å². The van der Waals surface area contributed by atoms with Crippen molar-refractivity contribution in [1.29, 1.82) is 0 Å². The highest BCUT2D eigenvalue weighted by atomic mass is 79.9. The molecule has 0 radical (unpaired) electrons. The molecule has 2 amide bonds. The van der Waals surface area contributed by atoms with Crippen molar-refractivity contribution in [3.8, 4) is 0 Å². The fourth-order valence-electron chi connectivity index (χ4n) is 1.35. The Kier molecular flexibility index (Phi) is 5.85. The number of para-hydroxylation sites is 1. The summed E-state index contributed by atoms with van der Waals surface area (Å²) >= 11 is 6.37. The van der Waals surface area contributed by atoms with Gasteiger partial charge in [-0.2, -0.15) is 0 Å². The van der Waals surface area contributed by atoms with Gasteiger partial charge in [0.2, 0.25) is 11.8 Å². The van der Waals surface area contributed by atoms with Gasteiger partial charge in [-0.15, -0.1) is 0 Å². The minimum Gasteiger partial charge on any atom is -0.273 e. The Morgan fingerprint density at radius 3 is 2.35 bits per heavy atom. The fourth-order valence-corrected chi connectivity index (χ4v) is 1.80. The van der Waals surface area contributed by atoms with Crippen LogP contribution in [0.15, 0.2) is 30.3 Å². The SMILES string of the molecule is CCC(Br)C(=O)N(C(=O)CBr)c1ccccc1. The summed E-state index contributed by atoms with van der Waals surface area (Å²) in [5.74, 6) is -0.498. The Morgan fingerprint density at radius 2 is 1.88 bits per heavy atom. The minimum absolute atomic E-state index is 0.122. The molecule has 0 fully saturated rings. The number of carbonyl (C=O) groups is 2. The topological polar surface area (TPSA) is 37.4 Å². The van der Waals surface area contributed by atoms with E-state index in [4.69, 9.17) is 0 Å². The van der Waals surface area contributed by atoms with E-state index >= 15 is 0 Å². The van der Waals surface area contributed by atoms with Crippen LogP contribution in [0.5, 0.6) is 0 Å². The highest BCUT2D eigenvalue weighted by Crippen LogP contribution is 2.19. The van der Waals surface area contributed by atoms with Crippen LogP contribution >= 0.6 is 31.9 Å². The summed E-state index contributed by atoms with van der Waals surface area (Å²) in [6, 6.07) is 8.93. The van der Waals surface area contributed by atoms with Gasteiger partial charge >= 0.3 is 0 Å². The summed E-state index contributed by atoms with van der Waals surface area (Å²) in [5, 5.41) is 0.122. The van der Waals surface area contributed by atoms with E-state index in [1.165, 1.54) is 4.90 Å². The number of imide groups is 1. The van der Waals surface area contributed by atoms with Gasteiger partial charge in [0.05, 0.1) is 15.8 Å².